The molecule has 0 aromatic carbocycles. The van der Waals surface area contributed by atoms with Crippen LogP contribution in [0.15, 0.2) is 11.1 Å². The van der Waals surface area contributed by atoms with Crippen molar-refractivity contribution in [1.29, 1.82) is 0 Å². The summed E-state index contributed by atoms with van der Waals surface area (Å²) < 4.78 is 6.14. The molecule has 0 aliphatic rings. The zero-order chi connectivity index (χ0) is 20.1. The lowest BCUT2D eigenvalue weighted by Gasteiger charge is -2.13. The van der Waals surface area contributed by atoms with E-state index >= 15 is 0 Å². The van der Waals surface area contributed by atoms with Crippen LogP contribution in [0.25, 0.3) is 10.2 Å². The number of nitrogens with one attached hydrogen (secondary N) is 2. The van der Waals surface area contributed by atoms with Gasteiger partial charge in [-0.05, 0) is 33.3 Å². The van der Waals surface area contributed by atoms with Gasteiger partial charge in [0.25, 0.3) is 5.56 Å². The van der Waals surface area contributed by atoms with Gasteiger partial charge in [0, 0.05) is 6.54 Å². The summed E-state index contributed by atoms with van der Waals surface area (Å²) in [5, 5.41) is 5.42. The third-order valence-corrected chi connectivity index (χ3v) is 4.99. The number of aryl methyl sites for hydroxylation is 1. The molecule has 0 spiro atoms. The highest BCUT2D eigenvalue weighted by Gasteiger charge is 2.21. The van der Waals surface area contributed by atoms with Gasteiger partial charge in [0.15, 0.2) is 0 Å². The molecule has 10 heteroatoms. The molecule has 0 aliphatic carbocycles. The zero-order valence-corrected chi connectivity index (χ0v) is 16.4. The summed E-state index contributed by atoms with van der Waals surface area (Å²) in [5.74, 6) is -1.30. The van der Waals surface area contributed by atoms with Crippen LogP contribution >= 0.6 is 11.3 Å². The summed E-state index contributed by atoms with van der Waals surface area (Å²) in [6.45, 7) is 7.09. The number of ether oxygens (including phenoxy) is 1. The third kappa shape index (κ3) is 4.51. The molecule has 2 amide bonds. The molecule has 2 rings (SSSR count). The van der Waals surface area contributed by atoms with E-state index in [-0.39, 0.29) is 24.4 Å². The van der Waals surface area contributed by atoms with Gasteiger partial charge in [0.1, 0.15) is 22.3 Å². The molecular weight excluding hydrogens is 372 g/mol. The van der Waals surface area contributed by atoms with Crippen LogP contribution < -0.4 is 16.2 Å². The Balaban J connectivity index is 2.25. The van der Waals surface area contributed by atoms with Gasteiger partial charge in [-0.25, -0.2) is 9.78 Å². The first-order valence-electron chi connectivity index (χ1n) is 8.52. The van der Waals surface area contributed by atoms with Crippen molar-refractivity contribution in [3.05, 3.63) is 27.1 Å². The quantitative estimate of drug-likeness (QED) is 0.663. The number of thiophene rings is 1. The van der Waals surface area contributed by atoms with Gasteiger partial charge in [0.2, 0.25) is 11.8 Å². The second kappa shape index (κ2) is 8.76. The summed E-state index contributed by atoms with van der Waals surface area (Å²) in [4.78, 5) is 53.5. The van der Waals surface area contributed by atoms with Crippen LogP contribution in [0.2, 0.25) is 0 Å². The fraction of sp³-hybridized carbons (Fsp3) is 0.471. The Hall–Kier alpha value is -2.75. The molecule has 9 nitrogen and oxygen atoms in total. The molecular formula is C17H22N4O5S. The Morgan fingerprint density at radius 3 is 2.67 bits per heavy atom. The Kier molecular flexibility index (Phi) is 6.67. The molecule has 27 heavy (non-hydrogen) atoms. The molecule has 0 fully saturated rings. The number of hydrogen-bond donors (Lipinski definition) is 2. The number of hydrogen-bond acceptors (Lipinski definition) is 7. The molecule has 0 aliphatic heterocycles. The van der Waals surface area contributed by atoms with Crippen molar-refractivity contribution in [3.8, 4) is 0 Å². The molecule has 0 radical (unpaired) electrons. The monoisotopic (exact) mass is 394 g/mol. The van der Waals surface area contributed by atoms with Crippen molar-refractivity contribution in [2.24, 2.45) is 0 Å². The number of carbonyl (C=O) groups excluding carboxylic acids is 3. The minimum absolute atomic E-state index is 0.230. The molecule has 2 N–H and O–H groups in total. The largest absolute Gasteiger partial charge is 0.462 e. The Labute approximate surface area is 159 Å². The van der Waals surface area contributed by atoms with Gasteiger partial charge < -0.3 is 15.4 Å². The summed E-state index contributed by atoms with van der Waals surface area (Å²) in [5.41, 5.74) is 0.0570. The minimum atomic E-state index is -0.719. The smallest absolute Gasteiger partial charge is 0.348 e. The number of esters is 1. The molecule has 1 atom stereocenters. The van der Waals surface area contributed by atoms with Crippen LogP contribution in [0.3, 0.4) is 0 Å². The van der Waals surface area contributed by atoms with E-state index in [1.54, 1.807) is 27.7 Å². The fourth-order valence-electron chi connectivity index (χ4n) is 2.50. The van der Waals surface area contributed by atoms with E-state index in [0.29, 0.717) is 21.8 Å². The van der Waals surface area contributed by atoms with Crippen LogP contribution in [0.1, 0.15) is 36.0 Å². The highest BCUT2D eigenvalue weighted by molar-refractivity contribution is 7.20. The van der Waals surface area contributed by atoms with Gasteiger partial charge in [0.05, 0.1) is 18.3 Å². The predicted octanol–water partition coefficient (Wildman–Crippen LogP) is 0.584. The lowest BCUT2D eigenvalue weighted by Crippen LogP contribution is -2.46. The summed E-state index contributed by atoms with van der Waals surface area (Å²) in [7, 11) is 0. The Morgan fingerprint density at radius 2 is 2.04 bits per heavy atom. The molecule has 146 valence electrons. The summed E-state index contributed by atoms with van der Waals surface area (Å²) in [6, 6.07) is -0.719. The molecule has 2 aromatic rings. The van der Waals surface area contributed by atoms with E-state index < -0.39 is 23.5 Å². The first-order valence-corrected chi connectivity index (χ1v) is 9.34. The van der Waals surface area contributed by atoms with Crippen LogP contribution in [0.5, 0.6) is 0 Å². The van der Waals surface area contributed by atoms with E-state index in [1.807, 2.05) is 0 Å². The maximum atomic E-state index is 12.7. The van der Waals surface area contributed by atoms with Crippen LogP contribution in [0, 0.1) is 6.92 Å². The number of nitrogens with zero attached hydrogens (tertiary/aromatic N) is 2. The SMILES string of the molecule is CCNC(=O)[C@H](C)NC(=O)Cn1cnc2sc(C(=O)OCC)c(C)c2c1=O. The van der Waals surface area contributed by atoms with Crippen LogP contribution in [-0.2, 0) is 20.9 Å². The van der Waals surface area contributed by atoms with Gasteiger partial charge in [-0.15, -0.1) is 11.3 Å². The molecule has 0 bridgehead atoms. The van der Waals surface area contributed by atoms with E-state index in [4.69, 9.17) is 4.74 Å². The van der Waals surface area contributed by atoms with Crippen molar-refractivity contribution < 1.29 is 19.1 Å². The first kappa shape index (κ1) is 20.6. The number of likely N-dealkylation sites (N-methyl/N-ethyl adjacent to an activating group) is 1. The molecule has 0 saturated carbocycles. The number of amides is 2. The van der Waals surface area contributed by atoms with E-state index in [0.717, 1.165) is 15.9 Å². The minimum Gasteiger partial charge on any atom is -0.462 e. The van der Waals surface area contributed by atoms with Crippen molar-refractivity contribution in [1.82, 2.24) is 20.2 Å². The zero-order valence-electron chi connectivity index (χ0n) is 15.6. The van der Waals surface area contributed by atoms with Crippen molar-refractivity contribution in [3.63, 3.8) is 0 Å². The van der Waals surface area contributed by atoms with E-state index in [2.05, 4.69) is 15.6 Å². The third-order valence-electron chi connectivity index (χ3n) is 3.81. The molecule has 2 heterocycles. The van der Waals surface area contributed by atoms with Crippen molar-refractivity contribution >= 4 is 39.3 Å². The van der Waals surface area contributed by atoms with Gasteiger partial charge >= 0.3 is 5.97 Å². The van der Waals surface area contributed by atoms with Crippen molar-refractivity contribution in [2.45, 2.75) is 40.3 Å². The van der Waals surface area contributed by atoms with E-state index in [9.17, 15) is 19.2 Å². The standard InChI is InChI=1S/C17H22N4O5S/c1-5-18-14(23)10(4)20-11(22)7-21-8-19-15-12(16(21)24)9(3)13(27-15)17(25)26-6-2/h8,10H,5-7H2,1-4H3,(H,18,23)(H,20,22)/t10-/m0/s1. The van der Waals surface area contributed by atoms with Crippen molar-refractivity contribution in [2.75, 3.05) is 13.2 Å². The predicted molar refractivity (Wildman–Crippen MR) is 101 cm³/mol. The molecule has 0 saturated heterocycles. The topological polar surface area (TPSA) is 119 Å². The molecule has 0 unspecified atom stereocenters. The van der Waals surface area contributed by atoms with Crippen LogP contribution in [-0.4, -0.2) is 46.5 Å². The Morgan fingerprint density at radius 1 is 1.33 bits per heavy atom. The highest BCUT2D eigenvalue weighted by Crippen LogP contribution is 2.27. The fourth-order valence-corrected chi connectivity index (χ4v) is 3.53. The van der Waals surface area contributed by atoms with Gasteiger partial charge in [-0.3, -0.25) is 19.0 Å². The lowest BCUT2D eigenvalue weighted by molar-refractivity contribution is -0.128. The normalized spacial score (nSPS) is 11.9. The molecule has 2 aromatic heterocycles. The first-order chi connectivity index (χ1) is 12.8. The number of rotatable bonds is 7. The maximum Gasteiger partial charge on any atom is 0.348 e. The number of carbonyl (C=O) groups is 3. The summed E-state index contributed by atoms with van der Waals surface area (Å²) in [6.07, 6.45) is 1.26. The number of fused-ring (bicyclic) bond motifs is 1. The highest BCUT2D eigenvalue weighted by atomic mass is 32.1. The van der Waals surface area contributed by atoms with Gasteiger partial charge in [-0.1, -0.05) is 0 Å². The number of aromatic nitrogens is 2. The van der Waals surface area contributed by atoms with E-state index in [1.165, 1.54) is 6.33 Å². The lowest BCUT2D eigenvalue weighted by atomic mass is 10.2. The van der Waals surface area contributed by atoms with Gasteiger partial charge in [-0.2, -0.15) is 0 Å². The second-order valence-electron chi connectivity index (χ2n) is 5.82. The second-order valence-corrected chi connectivity index (χ2v) is 6.82. The average molecular weight is 394 g/mol. The Bertz CT molecular complexity index is 933. The summed E-state index contributed by atoms with van der Waals surface area (Å²) >= 11 is 1.08. The maximum absolute atomic E-state index is 12.7. The van der Waals surface area contributed by atoms with Crippen LogP contribution in [0.4, 0.5) is 0 Å². The average Bonchev–Trinajstić information content (AvgIpc) is 2.95.